The summed E-state index contributed by atoms with van der Waals surface area (Å²) < 4.78 is 4.70. The van der Waals surface area contributed by atoms with E-state index in [9.17, 15) is 4.79 Å². The lowest BCUT2D eigenvalue weighted by molar-refractivity contribution is 0.0607. The molecule has 0 radical (unpaired) electrons. The first-order valence-electron chi connectivity index (χ1n) is 5.65. The van der Waals surface area contributed by atoms with Crippen LogP contribution in [0.15, 0.2) is 6.07 Å². The number of hydrogen-bond donors (Lipinski definition) is 2. The van der Waals surface area contributed by atoms with Crippen LogP contribution in [0, 0.1) is 0 Å². The molecule has 0 saturated carbocycles. The van der Waals surface area contributed by atoms with Gasteiger partial charge in [-0.25, -0.2) is 4.79 Å². The highest BCUT2D eigenvalue weighted by Crippen LogP contribution is 2.32. The molecular formula is C11H17N3O2S. The number of anilines is 2. The molecule has 0 amide bonds. The van der Waals surface area contributed by atoms with E-state index >= 15 is 0 Å². The number of thiophene rings is 1. The van der Waals surface area contributed by atoms with Gasteiger partial charge in [-0.05, 0) is 19.0 Å². The zero-order valence-electron chi connectivity index (χ0n) is 9.86. The minimum atomic E-state index is -0.355. The van der Waals surface area contributed by atoms with Gasteiger partial charge >= 0.3 is 5.97 Å². The van der Waals surface area contributed by atoms with Crippen molar-refractivity contribution in [3.05, 3.63) is 10.9 Å². The molecule has 1 aromatic rings. The largest absolute Gasteiger partial charge is 0.465 e. The van der Waals surface area contributed by atoms with Gasteiger partial charge in [0.25, 0.3) is 0 Å². The van der Waals surface area contributed by atoms with Crippen LogP contribution in [-0.4, -0.2) is 39.3 Å². The van der Waals surface area contributed by atoms with Gasteiger partial charge in [0, 0.05) is 19.6 Å². The molecule has 0 aromatic carbocycles. The van der Waals surface area contributed by atoms with Crippen molar-refractivity contribution in [3.8, 4) is 0 Å². The maximum atomic E-state index is 11.5. The molecular weight excluding hydrogens is 238 g/mol. The van der Waals surface area contributed by atoms with E-state index in [1.54, 1.807) is 0 Å². The highest BCUT2D eigenvalue weighted by molar-refractivity contribution is 7.18. The molecule has 6 heteroatoms. The minimum absolute atomic E-state index is 0.355. The van der Waals surface area contributed by atoms with Gasteiger partial charge in [0.1, 0.15) is 4.88 Å². The fourth-order valence-corrected chi connectivity index (χ4v) is 2.92. The van der Waals surface area contributed by atoms with Crippen molar-refractivity contribution in [2.24, 2.45) is 0 Å². The quantitative estimate of drug-likeness (QED) is 0.769. The van der Waals surface area contributed by atoms with Crippen molar-refractivity contribution < 1.29 is 9.53 Å². The first kappa shape index (κ1) is 12.2. The van der Waals surface area contributed by atoms with Crippen LogP contribution in [0.4, 0.5) is 10.7 Å². The number of nitrogens with zero attached hydrogens (tertiary/aromatic N) is 1. The number of esters is 1. The number of nitrogen functional groups attached to an aromatic ring is 1. The fourth-order valence-electron chi connectivity index (χ4n) is 1.87. The van der Waals surface area contributed by atoms with Crippen molar-refractivity contribution in [2.75, 3.05) is 43.9 Å². The van der Waals surface area contributed by atoms with Crippen LogP contribution in [0.3, 0.4) is 0 Å². The average molecular weight is 255 g/mol. The molecule has 94 valence electrons. The van der Waals surface area contributed by atoms with Gasteiger partial charge in [-0.1, -0.05) is 0 Å². The molecule has 0 bridgehead atoms. The summed E-state index contributed by atoms with van der Waals surface area (Å²) in [6.07, 6.45) is 1.10. The third kappa shape index (κ3) is 2.70. The Morgan fingerprint density at radius 1 is 1.53 bits per heavy atom. The Morgan fingerprint density at radius 3 is 3.12 bits per heavy atom. The van der Waals surface area contributed by atoms with Crippen LogP contribution in [0.2, 0.25) is 0 Å². The lowest BCUT2D eigenvalue weighted by Crippen LogP contribution is -2.26. The molecule has 17 heavy (non-hydrogen) atoms. The molecule has 1 aliphatic rings. The highest BCUT2D eigenvalue weighted by Gasteiger charge is 2.18. The number of carbonyl (C=O) groups is 1. The van der Waals surface area contributed by atoms with E-state index in [1.165, 1.54) is 18.4 Å². The van der Waals surface area contributed by atoms with E-state index in [0.29, 0.717) is 10.6 Å². The molecule has 2 rings (SSSR count). The number of hydrogen-bond acceptors (Lipinski definition) is 6. The summed E-state index contributed by atoms with van der Waals surface area (Å²) in [5.41, 5.74) is 6.34. The summed E-state index contributed by atoms with van der Waals surface area (Å²) in [7, 11) is 1.37. The van der Waals surface area contributed by atoms with E-state index < -0.39 is 0 Å². The van der Waals surface area contributed by atoms with Gasteiger partial charge in [0.05, 0.1) is 17.8 Å². The van der Waals surface area contributed by atoms with E-state index in [2.05, 4.69) is 10.2 Å². The number of methoxy groups -OCH3 is 1. The monoisotopic (exact) mass is 255 g/mol. The molecule has 0 spiro atoms. The second-order valence-corrected chi connectivity index (χ2v) is 4.98. The first-order valence-corrected chi connectivity index (χ1v) is 6.47. The third-order valence-electron chi connectivity index (χ3n) is 2.77. The topological polar surface area (TPSA) is 67.6 Å². The Kier molecular flexibility index (Phi) is 3.86. The van der Waals surface area contributed by atoms with Gasteiger partial charge in [0.15, 0.2) is 0 Å². The summed E-state index contributed by atoms with van der Waals surface area (Å²) >= 11 is 1.41. The summed E-state index contributed by atoms with van der Waals surface area (Å²) in [5.74, 6) is -0.355. The third-order valence-corrected chi connectivity index (χ3v) is 3.96. The van der Waals surface area contributed by atoms with Crippen molar-refractivity contribution in [1.82, 2.24) is 5.32 Å². The van der Waals surface area contributed by atoms with E-state index in [0.717, 1.165) is 37.6 Å². The predicted octanol–water partition coefficient (Wildman–Crippen LogP) is 0.917. The standard InChI is InChI=1S/C11H17N3O2S/c1-16-11(15)10-8(12)7-9(17-10)14-5-2-3-13-4-6-14/h7,13H,2-6,12H2,1H3. The molecule has 1 saturated heterocycles. The van der Waals surface area contributed by atoms with Crippen LogP contribution in [0.1, 0.15) is 16.1 Å². The smallest absolute Gasteiger partial charge is 0.350 e. The summed E-state index contributed by atoms with van der Waals surface area (Å²) in [5, 5.41) is 4.39. The Morgan fingerprint density at radius 2 is 2.35 bits per heavy atom. The molecule has 1 aliphatic heterocycles. The maximum absolute atomic E-state index is 11.5. The average Bonchev–Trinajstić information content (AvgIpc) is 2.57. The van der Waals surface area contributed by atoms with Crippen molar-refractivity contribution in [3.63, 3.8) is 0 Å². The van der Waals surface area contributed by atoms with Gasteiger partial charge in [-0.2, -0.15) is 0 Å². The molecule has 1 fully saturated rings. The molecule has 1 aromatic heterocycles. The molecule has 0 unspecified atom stereocenters. The van der Waals surface area contributed by atoms with E-state index in [-0.39, 0.29) is 5.97 Å². The number of carbonyl (C=O) groups excluding carboxylic acids is 1. The normalized spacial score (nSPS) is 16.6. The van der Waals surface area contributed by atoms with Crippen molar-refractivity contribution in [1.29, 1.82) is 0 Å². The predicted molar refractivity (Wildman–Crippen MR) is 69.8 cm³/mol. The second kappa shape index (κ2) is 5.37. The Balaban J connectivity index is 2.18. The lowest BCUT2D eigenvalue weighted by Gasteiger charge is -2.19. The highest BCUT2D eigenvalue weighted by atomic mass is 32.1. The van der Waals surface area contributed by atoms with Gasteiger partial charge < -0.3 is 20.7 Å². The van der Waals surface area contributed by atoms with E-state index in [4.69, 9.17) is 10.5 Å². The SMILES string of the molecule is COC(=O)c1sc(N2CCCNCC2)cc1N. The molecule has 5 nitrogen and oxygen atoms in total. The fraction of sp³-hybridized carbons (Fsp3) is 0.545. The lowest BCUT2D eigenvalue weighted by atomic mass is 10.3. The number of rotatable bonds is 2. The Labute approximate surface area is 105 Å². The zero-order valence-corrected chi connectivity index (χ0v) is 10.7. The molecule has 0 atom stereocenters. The number of nitrogens with two attached hydrogens (primary N) is 1. The van der Waals surface area contributed by atoms with Crippen LogP contribution < -0.4 is 16.0 Å². The van der Waals surface area contributed by atoms with Crippen molar-refractivity contribution in [2.45, 2.75) is 6.42 Å². The summed E-state index contributed by atoms with van der Waals surface area (Å²) in [4.78, 5) is 14.2. The van der Waals surface area contributed by atoms with Gasteiger partial charge in [0.2, 0.25) is 0 Å². The van der Waals surface area contributed by atoms with Gasteiger partial charge in [-0.3, -0.25) is 0 Å². The first-order chi connectivity index (χ1) is 8.22. The van der Waals surface area contributed by atoms with Crippen LogP contribution in [0.25, 0.3) is 0 Å². The van der Waals surface area contributed by atoms with Crippen molar-refractivity contribution >= 4 is 28.0 Å². The second-order valence-electron chi connectivity index (χ2n) is 3.95. The summed E-state index contributed by atoms with van der Waals surface area (Å²) in [6, 6.07) is 1.86. The molecule has 2 heterocycles. The Bertz CT molecular complexity index is 397. The number of nitrogens with one attached hydrogen (secondary N) is 1. The van der Waals surface area contributed by atoms with Gasteiger partial charge in [-0.15, -0.1) is 11.3 Å². The van der Waals surface area contributed by atoms with E-state index in [1.807, 2.05) is 6.07 Å². The summed E-state index contributed by atoms with van der Waals surface area (Å²) in [6.45, 7) is 3.95. The number of ether oxygens (including phenoxy) is 1. The zero-order chi connectivity index (χ0) is 12.3. The van der Waals surface area contributed by atoms with Crippen LogP contribution >= 0.6 is 11.3 Å². The Hall–Kier alpha value is -1.27. The molecule has 3 N–H and O–H groups in total. The maximum Gasteiger partial charge on any atom is 0.350 e. The van der Waals surface area contributed by atoms with Crippen LogP contribution in [-0.2, 0) is 4.74 Å². The van der Waals surface area contributed by atoms with Crippen LogP contribution in [0.5, 0.6) is 0 Å². The molecule has 0 aliphatic carbocycles. The minimum Gasteiger partial charge on any atom is -0.465 e.